The summed E-state index contributed by atoms with van der Waals surface area (Å²) in [6, 6.07) is 1.98. The molecule has 0 spiro atoms. The van der Waals surface area contributed by atoms with E-state index < -0.39 is 0 Å². The van der Waals surface area contributed by atoms with E-state index >= 15 is 0 Å². The lowest BCUT2D eigenvalue weighted by atomic mass is 10.3. The van der Waals surface area contributed by atoms with Gasteiger partial charge in [0.1, 0.15) is 11.0 Å². The summed E-state index contributed by atoms with van der Waals surface area (Å²) in [6.45, 7) is 5.92. The van der Waals surface area contributed by atoms with Crippen molar-refractivity contribution in [2.24, 2.45) is 0 Å². The lowest BCUT2D eigenvalue weighted by Crippen LogP contribution is -2.35. The highest BCUT2D eigenvalue weighted by Gasteiger charge is 2.23. The minimum atomic E-state index is 0.0247. The Labute approximate surface area is 112 Å². The van der Waals surface area contributed by atoms with Crippen LogP contribution in [0.3, 0.4) is 0 Å². The third-order valence-electron chi connectivity index (χ3n) is 2.91. The van der Waals surface area contributed by atoms with E-state index in [2.05, 4.69) is 20.2 Å². The Bertz CT molecular complexity index is 431. The predicted octanol–water partition coefficient (Wildman–Crippen LogP) is 1.15. The van der Waals surface area contributed by atoms with Gasteiger partial charge in [-0.3, -0.25) is 9.69 Å². The van der Waals surface area contributed by atoms with E-state index in [9.17, 15) is 4.79 Å². The second-order valence-electron chi connectivity index (χ2n) is 4.67. The number of aromatic nitrogens is 2. The maximum Gasteiger partial charge on any atom is 0.217 e. The van der Waals surface area contributed by atoms with Gasteiger partial charge < -0.3 is 5.32 Å². The number of likely N-dealkylation sites (tertiary alicyclic amines) is 1. The van der Waals surface area contributed by atoms with Crippen LogP contribution in [0.2, 0.25) is 5.15 Å². The van der Waals surface area contributed by atoms with Crippen LogP contribution in [0.4, 0.5) is 0 Å². The van der Waals surface area contributed by atoms with E-state index in [1.807, 2.05) is 6.92 Å². The summed E-state index contributed by atoms with van der Waals surface area (Å²) in [5, 5.41) is 3.41. The van der Waals surface area contributed by atoms with Gasteiger partial charge in [0.15, 0.2) is 0 Å². The Morgan fingerprint density at radius 1 is 1.61 bits per heavy atom. The summed E-state index contributed by atoms with van der Waals surface area (Å²) in [7, 11) is 0. The molecule has 0 saturated carbocycles. The van der Waals surface area contributed by atoms with Gasteiger partial charge in [-0.15, -0.1) is 0 Å². The van der Waals surface area contributed by atoms with Gasteiger partial charge in [0, 0.05) is 31.7 Å². The number of aryl methyl sites for hydroxylation is 1. The zero-order valence-electron chi connectivity index (χ0n) is 10.6. The number of rotatable bonds is 3. The average molecular weight is 269 g/mol. The molecule has 1 aliphatic heterocycles. The molecule has 2 rings (SSSR count). The van der Waals surface area contributed by atoms with Crippen LogP contribution in [-0.4, -0.2) is 39.9 Å². The van der Waals surface area contributed by atoms with Crippen molar-refractivity contribution in [1.82, 2.24) is 20.2 Å². The zero-order valence-corrected chi connectivity index (χ0v) is 11.4. The number of amides is 1. The van der Waals surface area contributed by atoms with Crippen molar-refractivity contribution < 1.29 is 4.79 Å². The van der Waals surface area contributed by atoms with Gasteiger partial charge in [-0.25, -0.2) is 9.97 Å². The standard InChI is InChI=1S/C12H17ClN4O/c1-8-5-11(13)16-12(14-8)7-17-4-3-10(6-17)15-9(2)18/h5,10H,3-4,6-7H2,1-2H3,(H,15,18). The first-order valence-electron chi connectivity index (χ1n) is 6.02. The van der Waals surface area contributed by atoms with Crippen molar-refractivity contribution in [3.05, 3.63) is 22.7 Å². The third-order valence-corrected chi connectivity index (χ3v) is 3.11. The van der Waals surface area contributed by atoms with Gasteiger partial charge in [0.2, 0.25) is 5.91 Å². The molecule has 1 aliphatic rings. The maximum absolute atomic E-state index is 11.0. The summed E-state index contributed by atoms with van der Waals surface area (Å²) in [5.74, 6) is 0.764. The fourth-order valence-electron chi connectivity index (χ4n) is 2.24. The molecule has 0 radical (unpaired) electrons. The van der Waals surface area contributed by atoms with E-state index in [1.54, 1.807) is 13.0 Å². The van der Waals surface area contributed by atoms with Crippen LogP contribution >= 0.6 is 11.6 Å². The van der Waals surface area contributed by atoms with Crippen molar-refractivity contribution in [2.45, 2.75) is 32.9 Å². The van der Waals surface area contributed by atoms with Crippen LogP contribution in [0, 0.1) is 6.92 Å². The molecule has 6 heteroatoms. The van der Waals surface area contributed by atoms with Crippen LogP contribution in [0.25, 0.3) is 0 Å². The first kappa shape index (κ1) is 13.2. The Morgan fingerprint density at radius 2 is 2.39 bits per heavy atom. The second-order valence-corrected chi connectivity index (χ2v) is 5.06. The lowest BCUT2D eigenvalue weighted by Gasteiger charge is -2.15. The molecule has 1 aromatic rings. The minimum absolute atomic E-state index is 0.0247. The molecule has 1 atom stereocenters. The first-order chi connectivity index (χ1) is 8.52. The van der Waals surface area contributed by atoms with Gasteiger partial charge in [-0.05, 0) is 19.4 Å². The summed E-state index contributed by atoms with van der Waals surface area (Å²) in [5.41, 5.74) is 0.877. The number of nitrogens with one attached hydrogen (secondary N) is 1. The number of hydrogen-bond acceptors (Lipinski definition) is 4. The molecule has 1 N–H and O–H groups in total. The van der Waals surface area contributed by atoms with Crippen molar-refractivity contribution in [2.75, 3.05) is 13.1 Å². The molecular formula is C12H17ClN4O. The molecule has 0 bridgehead atoms. The quantitative estimate of drug-likeness (QED) is 0.836. The molecule has 1 aromatic heterocycles. The molecular weight excluding hydrogens is 252 g/mol. The summed E-state index contributed by atoms with van der Waals surface area (Å²) >= 11 is 5.91. The van der Waals surface area contributed by atoms with Crippen molar-refractivity contribution >= 4 is 17.5 Å². The molecule has 5 nitrogen and oxygen atoms in total. The van der Waals surface area contributed by atoms with Gasteiger partial charge in [0.05, 0.1) is 6.54 Å². The van der Waals surface area contributed by atoms with E-state index in [1.165, 1.54) is 0 Å². The molecule has 1 unspecified atom stereocenters. The molecule has 1 saturated heterocycles. The number of carbonyl (C=O) groups excluding carboxylic acids is 1. The number of hydrogen-bond donors (Lipinski definition) is 1. The number of carbonyl (C=O) groups is 1. The van der Waals surface area contributed by atoms with E-state index in [0.29, 0.717) is 11.7 Å². The van der Waals surface area contributed by atoms with Crippen LogP contribution in [-0.2, 0) is 11.3 Å². The van der Waals surface area contributed by atoms with Crippen molar-refractivity contribution in [1.29, 1.82) is 0 Å². The highest BCUT2D eigenvalue weighted by molar-refractivity contribution is 6.29. The van der Waals surface area contributed by atoms with E-state index in [4.69, 9.17) is 11.6 Å². The van der Waals surface area contributed by atoms with Crippen LogP contribution in [0.5, 0.6) is 0 Å². The molecule has 0 aliphatic carbocycles. The first-order valence-corrected chi connectivity index (χ1v) is 6.40. The molecule has 0 aromatic carbocycles. The molecule has 18 heavy (non-hydrogen) atoms. The smallest absolute Gasteiger partial charge is 0.217 e. The van der Waals surface area contributed by atoms with Gasteiger partial charge in [-0.2, -0.15) is 0 Å². The Balaban J connectivity index is 1.93. The third kappa shape index (κ3) is 3.65. The zero-order chi connectivity index (χ0) is 13.1. The second kappa shape index (κ2) is 5.63. The van der Waals surface area contributed by atoms with E-state index in [-0.39, 0.29) is 11.9 Å². The summed E-state index contributed by atoms with van der Waals surface area (Å²) in [6.07, 6.45) is 0.971. The highest BCUT2D eigenvalue weighted by atomic mass is 35.5. The molecule has 2 heterocycles. The van der Waals surface area contributed by atoms with Gasteiger partial charge in [0.25, 0.3) is 0 Å². The van der Waals surface area contributed by atoms with Crippen LogP contribution < -0.4 is 5.32 Å². The molecule has 1 amide bonds. The molecule has 1 fully saturated rings. The topological polar surface area (TPSA) is 58.1 Å². The summed E-state index contributed by atoms with van der Waals surface area (Å²) < 4.78 is 0. The van der Waals surface area contributed by atoms with E-state index in [0.717, 1.165) is 31.0 Å². The monoisotopic (exact) mass is 268 g/mol. The largest absolute Gasteiger partial charge is 0.352 e. The Morgan fingerprint density at radius 3 is 3.06 bits per heavy atom. The van der Waals surface area contributed by atoms with Crippen molar-refractivity contribution in [3.63, 3.8) is 0 Å². The summed E-state index contributed by atoms with van der Waals surface area (Å²) in [4.78, 5) is 21.8. The van der Waals surface area contributed by atoms with Crippen LogP contribution in [0.15, 0.2) is 6.07 Å². The fraction of sp³-hybridized carbons (Fsp3) is 0.583. The minimum Gasteiger partial charge on any atom is -0.352 e. The van der Waals surface area contributed by atoms with Crippen molar-refractivity contribution in [3.8, 4) is 0 Å². The van der Waals surface area contributed by atoms with Gasteiger partial charge >= 0.3 is 0 Å². The average Bonchev–Trinajstić information content (AvgIpc) is 2.62. The Hall–Kier alpha value is -1.20. The predicted molar refractivity (Wildman–Crippen MR) is 69.3 cm³/mol. The normalized spacial score (nSPS) is 20.1. The SMILES string of the molecule is CC(=O)NC1CCN(Cc2nc(C)cc(Cl)n2)C1. The Kier molecular flexibility index (Phi) is 4.14. The molecule has 98 valence electrons. The van der Waals surface area contributed by atoms with Crippen LogP contribution in [0.1, 0.15) is 24.9 Å². The number of nitrogens with zero attached hydrogens (tertiary/aromatic N) is 3. The highest BCUT2D eigenvalue weighted by Crippen LogP contribution is 2.13. The van der Waals surface area contributed by atoms with Gasteiger partial charge in [-0.1, -0.05) is 11.6 Å². The number of halogens is 1. The fourth-order valence-corrected chi connectivity index (χ4v) is 2.50. The maximum atomic E-state index is 11.0. The lowest BCUT2D eigenvalue weighted by molar-refractivity contribution is -0.119.